The number of rotatable bonds is 19. The van der Waals surface area contributed by atoms with Crippen molar-refractivity contribution in [1.29, 1.82) is 0 Å². The zero-order valence-corrected chi connectivity index (χ0v) is 49.4. The summed E-state index contributed by atoms with van der Waals surface area (Å²) in [5, 5.41) is 26.3. The monoisotopic (exact) mass is 1020 g/mol. The first-order chi connectivity index (χ1) is 33.8. The van der Waals surface area contributed by atoms with Crippen LogP contribution in [0.3, 0.4) is 0 Å². The standard InChI is InChI=1S/C56H105N17/c1-19-72(41-35-53(11,12)68-54(13,14)36-41)47-63-46(64-48(65-47)73(20-2)42-37-55(15,16)69-56(17,18)38-42)71-29-27-70(28-30-71)26-25-59-45-61-43(57-23-21-39-31-49(3,4)66-50(5,6)32-39)60-44(62-45)58-24-22-40-33-51(7,8)67-52(9,10)34-40/h39-42,66-69H,19-38H2,1-18H3,(H3,57,58,59,60,61,62). The summed E-state index contributed by atoms with van der Waals surface area (Å²) < 4.78 is 0. The van der Waals surface area contributed by atoms with Gasteiger partial charge in [0.25, 0.3) is 0 Å². The molecule has 5 saturated heterocycles. The number of hydrogen-bond donors (Lipinski definition) is 7. The maximum Gasteiger partial charge on any atom is 0.232 e. The second kappa shape index (κ2) is 21.9. The molecule has 2 aromatic rings. The molecule has 7 rings (SSSR count). The minimum Gasteiger partial charge on any atom is -0.354 e. The van der Waals surface area contributed by atoms with Crippen LogP contribution < -0.4 is 51.9 Å². The third kappa shape index (κ3) is 16.3. The number of piperidine rings is 4. The second-order valence-corrected chi connectivity index (χ2v) is 28.5. The number of anilines is 6. The van der Waals surface area contributed by atoms with Gasteiger partial charge in [-0.15, -0.1) is 0 Å². The summed E-state index contributed by atoms with van der Waals surface area (Å²) in [5.41, 5.74) is 0.476. The van der Waals surface area contributed by atoms with E-state index in [0.717, 1.165) is 148 Å². The third-order valence-corrected chi connectivity index (χ3v) is 16.2. The van der Waals surface area contributed by atoms with E-state index in [9.17, 15) is 0 Å². The highest BCUT2D eigenvalue weighted by Crippen LogP contribution is 2.38. The summed E-state index contributed by atoms with van der Waals surface area (Å²) in [5.74, 6) is 5.52. The van der Waals surface area contributed by atoms with Crippen molar-refractivity contribution in [3.8, 4) is 0 Å². The Labute approximate surface area is 443 Å². The van der Waals surface area contributed by atoms with Crippen LogP contribution in [0.2, 0.25) is 0 Å². The van der Waals surface area contributed by atoms with Gasteiger partial charge in [0, 0.05) is 122 Å². The van der Waals surface area contributed by atoms with E-state index in [2.05, 4.69) is 181 Å². The van der Waals surface area contributed by atoms with E-state index in [-0.39, 0.29) is 44.3 Å². The molecule has 7 heterocycles. The zero-order valence-electron chi connectivity index (χ0n) is 49.4. The lowest BCUT2D eigenvalue weighted by Crippen LogP contribution is -2.62. The quantitative estimate of drug-likeness (QED) is 0.0716. The van der Waals surface area contributed by atoms with Gasteiger partial charge < -0.3 is 51.9 Å². The molecular formula is C56H105N17. The van der Waals surface area contributed by atoms with Crippen LogP contribution in [0.4, 0.5) is 35.7 Å². The lowest BCUT2D eigenvalue weighted by Gasteiger charge is -2.50. The van der Waals surface area contributed by atoms with Crippen LogP contribution in [0.15, 0.2) is 0 Å². The van der Waals surface area contributed by atoms with Gasteiger partial charge in [0.1, 0.15) is 0 Å². The second-order valence-electron chi connectivity index (χ2n) is 28.5. The molecule has 5 fully saturated rings. The Morgan fingerprint density at radius 2 is 0.740 bits per heavy atom. The van der Waals surface area contributed by atoms with Crippen LogP contribution >= 0.6 is 0 Å². The Bertz CT molecular complexity index is 1930. The molecule has 0 aliphatic carbocycles. The van der Waals surface area contributed by atoms with Crippen molar-refractivity contribution in [2.45, 2.75) is 245 Å². The van der Waals surface area contributed by atoms with E-state index in [1.165, 1.54) is 0 Å². The van der Waals surface area contributed by atoms with Crippen LogP contribution in [-0.2, 0) is 0 Å². The van der Waals surface area contributed by atoms with E-state index in [4.69, 9.17) is 29.9 Å². The average molecular weight is 1020 g/mol. The zero-order chi connectivity index (χ0) is 53.4. The summed E-state index contributed by atoms with van der Waals surface area (Å²) >= 11 is 0. The Kier molecular flexibility index (Phi) is 17.2. The molecule has 7 N–H and O–H groups in total. The van der Waals surface area contributed by atoms with Crippen molar-refractivity contribution < 1.29 is 0 Å². The van der Waals surface area contributed by atoms with Gasteiger partial charge in [-0.25, -0.2) is 0 Å². The normalized spacial score (nSPS) is 25.0. The predicted octanol–water partition coefficient (Wildman–Crippen LogP) is 8.28. The first-order valence-corrected chi connectivity index (χ1v) is 28.7. The van der Waals surface area contributed by atoms with Gasteiger partial charge >= 0.3 is 0 Å². The van der Waals surface area contributed by atoms with Gasteiger partial charge in [-0.2, -0.15) is 29.9 Å². The van der Waals surface area contributed by atoms with E-state index in [0.29, 0.717) is 41.8 Å². The van der Waals surface area contributed by atoms with E-state index in [1.54, 1.807) is 0 Å². The van der Waals surface area contributed by atoms with Crippen LogP contribution in [0.25, 0.3) is 0 Å². The van der Waals surface area contributed by atoms with Crippen molar-refractivity contribution in [2.24, 2.45) is 11.8 Å². The molecule has 17 nitrogen and oxygen atoms in total. The molecule has 0 unspecified atom stereocenters. The van der Waals surface area contributed by atoms with Gasteiger partial charge in [-0.05, 0) is 201 Å². The molecule has 414 valence electrons. The third-order valence-electron chi connectivity index (χ3n) is 16.2. The number of hydrogen-bond acceptors (Lipinski definition) is 17. The molecule has 2 aromatic heterocycles. The summed E-state index contributed by atoms with van der Waals surface area (Å²) in [6.07, 6.45) is 10.9. The number of nitrogens with one attached hydrogen (secondary N) is 7. The smallest absolute Gasteiger partial charge is 0.232 e. The van der Waals surface area contributed by atoms with Crippen molar-refractivity contribution in [3.05, 3.63) is 0 Å². The summed E-state index contributed by atoms with van der Waals surface area (Å²) in [4.78, 5) is 40.8. The molecular weight excluding hydrogens is 911 g/mol. The highest BCUT2D eigenvalue weighted by Gasteiger charge is 2.44. The summed E-state index contributed by atoms with van der Waals surface area (Å²) in [7, 11) is 0. The molecule has 0 spiro atoms. The molecule has 73 heavy (non-hydrogen) atoms. The summed E-state index contributed by atoms with van der Waals surface area (Å²) in [6, 6.07) is 0.607. The van der Waals surface area contributed by atoms with Gasteiger partial charge in [0.2, 0.25) is 35.7 Å². The van der Waals surface area contributed by atoms with E-state index >= 15 is 0 Å². The minimum absolute atomic E-state index is 0.00247. The lowest BCUT2D eigenvalue weighted by molar-refractivity contribution is 0.125. The molecule has 0 aromatic carbocycles. The Morgan fingerprint density at radius 3 is 1.07 bits per heavy atom. The Hall–Kier alpha value is -3.38. The molecule has 0 atom stereocenters. The molecule has 5 aliphatic rings. The average Bonchev–Trinajstić information content (AvgIpc) is 3.20. The molecule has 17 heteroatoms. The number of aromatic nitrogens is 6. The van der Waals surface area contributed by atoms with E-state index in [1.807, 2.05) is 0 Å². The van der Waals surface area contributed by atoms with E-state index < -0.39 is 0 Å². The van der Waals surface area contributed by atoms with Gasteiger partial charge in [-0.3, -0.25) is 4.90 Å². The SMILES string of the molecule is CCN(c1nc(N2CCN(CCNc3nc(NCCC4CC(C)(C)NC(C)(C)C4)nc(NCCC4CC(C)(C)NC(C)(C)C4)n3)CC2)nc(N(CC)C2CC(C)(C)NC(C)(C)C2)n1)C1CC(C)(C)NC(C)(C)C1. The first-order valence-electron chi connectivity index (χ1n) is 28.7. The molecule has 0 saturated carbocycles. The maximum absolute atomic E-state index is 5.42. The molecule has 0 radical (unpaired) electrons. The van der Waals surface area contributed by atoms with Crippen molar-refractivity contribution in [1.82, 2.24) is 56.1 Å². The fourth-order valence-electron chi connectivity index (χ4n) is 15.2. The van der Waals surface area contributed by atoms with Gasteiger partial charge in [0.15, 0.2) is 0 Å². The predicted molar refractivity (Wildman–Crippen MR) is 306 cm³/mol. The molecule has 5 aliphatic heterocycles. The number of nitrogens with zero attached hydrogens (tertiary/aromatic N) is 10. The summed E-state index contributed by atoms with van der Waals surface area (Å²) in [6.45, 7) is 50.2. The largest absolute Gasteiger partial charge is 0.354 e. The highest BCUT2D eigenvalue weighted by atomic mass is 15.4. The van der Waals surface area contributed by atoms with Crippen molar-refractivity contribution in [2.75, 3.05) is 96.1 Å². The lowest BCUT2D eigenvalue weighted by atomic mass is 9.75. The highest BCUT2D eigenvalue weighted by molar-refractivity contribution is 5.49. The first kappa shape index (κ1) is 57.3. The molecule has 0 bridgehead atoms. The minimum atomic E-state index is -0.00247. The number of piperazine rings is 1. The van der Waals surface area contributed by atoms with Gasteiger partial charge in [0.05, 0.1) is 0 Å². The fourth-order valence-corrected chi connectivity index (χ4v) is 15.2. The van der Waals surface area contributed by atoms with Crippen LogP contribution in [0.5, 0.6) is 0 Å². The topological polar surface area (TPSA) is 175 Å². The van der Waals surface area contributed by atoms with Crippen LogP contribution in [0, 0.1) is 11.8 Å². The fraction of sp³-hybridized carbons (Fsp3) is 0.893. The Morgan fingerprint density at radius 1 is 0.425 bits per heavy atom. The van der Waals surface area contributed by atoms with Crippen molar-refractivity contribution in [3.63, 3.8) is 0 Å². The van der Waals surface area contributed by atoms with Crippen LogP contribution in [-0.4, -0.2) is 157 Å². The van der Waals surface area contributed by atoms with Gasteiger partial charge in [-0.1, -0.05) is 0 Å². The Balaban J connectivity index is 1.03. The van der Waals surface area contributed by atoms with Crippen molar-refractivity contribution >= 4 is 35.7 Å². The van der Waals surface area contributed by atoms with Crippen LogP contribution in [0.1, 0.15) is 189 Å². The molecule has 0 amide bonds. The maximum atomic E-state index is 5.42.